The van der Waals surface area contributed by atoms with Gasteiger partial charge in [-0.05, 0) is 80.7 Å². The largest absolute Gasteiger partial charge is 0.480 e. The number of aryl methyl sites for hydroxylation is 2. The van der Waals surface area contributed by atoms with Gasteiger partial charge in [0.25, 0.3) is 0 Å². The van der Waals surface area contributed by atoms with Crippen LogP contribution in [-0.4, -0.2) is 65.1 Å². The predicted octanol–water partition coefficient (Wildman–Crippen LogP) is 4.87. The quantitative estimate of drug-likeness (QED) is 0.428. The monoisotopic (exact) mass is 525 g/mol. The molecule has 2 unspecified atom stereocenters. The number of halogens is 1. The Morgan fingerprint density at radius 1 is 1.29 bits per heavy atom. The van der Waals surface area contributed by atoms with E-state index in [0.29, 0.717) is 32.7 Å². The Morgan fingerprint density at radius 2 is 2.16 bits per heavy atom. The van der Waals surface area contributed by atoms with Gasteiger partial charge >= 0.3 is 5.97 Å². The van der Waals surface area contributed by atoms with Crippen LogP contribution in [0.1, 0.15) is 73.5 Å². The molecule has 2 aromatic rings. The molecule has 8 heteroatoms. The Balaban J connectivity index is 1.14. The van der Waals surface area contributed by atoms with Gasteiger partial charge in [0.1, 0.15) is 17.5 Å². The van der Waals surface area contributed by atoms with Crippen LogP contribution < -0.4 is 5.32 Å². The van der Waals surface area contributed by atoms with Crippen molar-refractivity contribution < 1.29 is 23.8 Å². The summed E-state index contributed by atoms with van der Waals surface area (Å²) in [5.74, 6) is 0.161. The van der Waals surface area contributed by atoms with E-state index in [1.165, 1.54) is 19.4 Å². The van der Waals surface area contributed by atoms with E-state index >= 15 is 0 Å². The van der Waals surface area contributed by atoms with Gasteiger partial charge in [-0.3, -0.25) is 9.69 Å². The van der Waals surface area contributed by atoms with Crippen molar-refractivity contribution in [3.63, 3.8) is 0 Å². The maximum Gasteiger partial charge on any atom is 0.325 e. The number of carbonyl (C=O) groups is 1. The number of ether oxygens (including phenoxy) is 2. The molecule has 1 fully saturated rings. The number of nitrogens with zero attached hydrogens (tertiary/aromatic N) is 2. The van der Waals surface area contributed by atoms with E-state index in [-0.39, 0.29) is 6.10 Å². The Hall–Kier alpha value is -2.55. The molecule has 1 aromatic carbocycles. The fourth-order valence-electron chi connectivity index (χ4n) is 5.95. The third-order valence-corrected chi connectivity index (χ3v) is 8.11. The Morgan fingerprint density at radius 3 is 2.97 bits per heavy atom. The molecule has 5 rings (SSSR count). The molecule has 3 aliphatic heterocycles. The van der Waals surface area contributed by atoms with Gasteiger partial charge in [-0.2, -0.15) is 0 Å². The lowest BCUT2D eigenvalue weighted by Crippen LogP contribution is -2.40. The first-order chi connectivity index (χ1) is 18.3. The number of aliphatic carboxylic acids is 1. The molecule has 0 spiro atoms. The molecule has 1 saturated heterocycles. The molecule has 0 radical (unpaired) electrons. The summed E-state index contributed by atoms with van der Waals surface area (Å²) in [6, 6.07) is 9.27. The zero-order chi connectivity index (χ0) is 26.7. The van der Waals surface area contributed by atoms with E-state index < -0.39 is 23.8 Å². The number of hydrogen-bond donors (Lipinski definition) is 2. The average Bonchev–Trinajstić information content (AvgIpc) is 3.36. The summed E-state index contributed by atoms with van der Waals surface area (Å²) in [6.45, 7) is 6.22. The lowest BCUT2D eigenvalue weighted by atomic mass is 9.86. The molecule has 0 amide bonds. The molecule has 1 aromatic heterocycles. The van der Waals surface area contributed by atoms with E-state index in [0.717, 1.165) is 73.3 Å². The lowest BCUT2D eigenvalue weighted by molar-refractivity contribution is -0.143. The first kappa shape index (κ1) is 27.0. The van der Waals surface area contributed by atoms with Crippen LogP contribution in [0.5, 0.6) is 0 Å². The van der Waals surface area contributed by atoms with Crippen LogP contribution in [0.3, 0.4) is 0 Å². The number of aromatic nitrogens is 1. The SMILES string of the molecule is CC(C)(F)C1Cc2c(cccc2C(C(=O)O)N2CC[C@@H](OCCCCc3ccc4c(n3)NCCC4)C2)CO1. The fourth-order valence-corrected chi connectivity index (χ4v) is 5.95. The highest BCUT2D eigenvalue weighted by atomic mass is 19.1. The van der Waals surface area contributed by atoms with Crippen molar-refractivity contribution in [1.82, 2.24) is 9.88 Å². The summed E-state index contributed by atoms with van der Waals surface area (Å²) in [7, 11) is 0. The van der Waals surface area contributed by atoms with Crippen molar-refractivity contribution in [2.75, 3.05) is 31.6 Å². The minimum atomic E-state index is -1.50. The van der Waals surface area contributed by atoms with Crippen molar-refractivity contribution in [3.8, 4) is 0 Å². The van der Waals surface area contributed by atoms with Gasteiger partial charge in [-0.25, -0.2) is 9.37 Å². The molecule has 2 N–H and O–H groups in total. The predicted molar refractivity (Wildman–Crippen MR) is 144 cm³/mol. The third kappa shape index (κ3) is 6.19. The van der Waals surface area contributed by atoms with Crippen LogP contribution in [0.25, 0.3) is 0 Å². The number of rotatable bonds is 10. The van der Waals surface area contributed by atoms with Crippen LogP contribution in [0, 0.1) is 0 Å². The molecule has 7 nitrogen and oxygen atoms in total. The Labute approximate surface area is 224 Å². The Bertz CT molecular complexity index is 1130. The summed E-state index contributed by atoms with van der Waals surface area (Å²) in [5, 5.41) is 13.6. The number of pyridine rings is 1. The Kier molecular flexibility index (Phi) is 8.31. The first-order valence-corrected chi connectivity index (χ1v) is 14.0. The zero-order valence-electron chi connectivity index (χ0n) is 22.5. The van der Waals surface area contributed by atoms with Gasteiger partial charge in [-0.15, -0.1) is 0 Å². The van der Waals surface area contributed by atoms with Crippen LogP contribution >= 0.6 is 0 Å². The summed E-state index contributed by atoms with van der Waals surface area (Å²) in [5.41, 5.74) is 3.54. The summed E-state index contributed by atoms with van der Waals surface area (Å²) < 4.78 is 26.6. The maximum absolute atomic E-state index is 14.7. The van der Waals surface area contributed by atoms with Crippen LogP contribution in [0.4, 0.5) is 10.2 Å². The molecule has 38 heavy (non-hydrogen) atoms. The highest BCUT2D eigenvalue weighted by Crippen LogP contribution is 2.36. The van der Waals surface area contributed by atoms with E-state index in [1.807, 2.05) is 23.1 Å². The highest BCUT2D eigenvalue weighted by molar-refractivity contribution is 5.76. The van der Waals surface area contributed by atoms with Crippen molar-refractivity contribution in [2.24, 2.45) is 0 Å². The van der Waals surface area contributed by atoms with Crippen molar-refractivity contribution >= 4 is 11.8 Å². The van der Waals surface area contributed by atoms with Gasteiger partial charge in [0.05, 0.1) is 18.8 Å². The van der Waals surface area contributed by atoms with Gasteiger partial charge in [0.2, 0.25) is 0 Å². The number of carboxylic acid groups (broad SMARTS) is 1. The molecule has 0 aliphatic carbocycles. The molecule has 4 heterocycles. The number of benzene rings is 1. The zero-order valence-corrected chi connectivity index (χ0v) is 22.5. The number of carboxylic acids is 1. The third-order valence-electron chi connectivity index (χ3n) is 8.11. The van der Waals surface area contributed by atoms with E-state index in [9.17, 15) is 14.3 Å². The van der Waals surface area contributed by atoms with E-state index in [4.69, 9.17) is 14.5 Å². The second-order valence-corrected chi connectivity index (χ2v) is 11.4. The number of hydrogen-bond acceptors (Lipinski definition) is 6. The molecule has 206 valence electrons. The van der Waals surface area contributed by atoms with Gasteiger partial charge in [0, 0.05) is 38.4 Å². The van der Waals surface area contributed by atoms with Gasteiger partial charge in [-0.1, -0.05) is 24.3 Å². The van der Waals surface area contributed by atoms with E-state index in [1.54, 1.807) is 0 Å². The number of nitrogens with one attached hydrogen (secondary N) is 1. The van der Waals surface area contributed by atoms with Crippen LogP contribution in [0.15, 0.2) is 30.3 Å². The van der Waals surface area contributed by atoms with Crippen LogP contribution in [-0.2, 0) is 40.1 Å². The topological polar surface area (TPSA) is 83.9 Å². The summed E-state index contributed by atoms with van der Waals surface area (Å²) in [6.07, 6.45) is 5.75. The van der Waals surface area contributed by atoms with E-state index in [2.05, 4.69) is 17.4 Å². The number of alkyl halides is 1. The molecule has 0 bridgehead atoms. The fraction of sp³-hybridized carbons (Fsp3) is 0.600. The van der Waals surface area contributed by atoms with Crippen molar-refractivity contribution in [2.45, 2.75) is 89.3 Å². The average molecular weight is 526 g/mol. The van der Waals surface area contributed by atoms with Gasteiger partial charge < -0.3 is 19.9 Å². The number of unbranched alkanes of at least 4 members (excludes halogenated alkanes) is 1. The second-order valence-electron chi connectivity index (χ2n) is 11.4. The standard InChI is InChI=1S/C30H40FN3O4/c1-30(2,31)26-17-25-21(19-38-26)7-5-10-24(25)27(29(35)36)34-15-13-23(18-34)37-16-4-3-9-22-12-11-20-8-6-14-32-28(20)33-22/h5,7,10-12,23,26-27H,3-4,6,8-9,13-19H2,1-2H3,(H,32,33)(H,35,36)/t23-,26?,27?/m1/s1. The number of fused-ring (bicyclic) bond motifs is 2. The smallest absolute Gasteiger partial charge is 0.325 e. The summed E-state index contributed by atoms with van der Waals surface area (Å²) >= 11 is 0. The lowest BCUT2D eigenvalue weighted by Gasteiger charge is -2.35. The van der Waals surface area contributed by atoms with Crippen LogP contribution in [0.2, 0.25) is 0 Å². The number of anilines is 1. The molecular formula is C30H40FN3O4. The first-order valence-electron chi connectivity index (χ1n) is 14.0. The molecule has 0 saturated carbocycles. The van der Waals surface area contributed by atoms with Gasteiger partial charge in [0.15, 0.2) is 0 Å². The highest BCUT2D eigenvalue weighted by Gasteiger charge is 2.39. The van der Waals surface area contributed by atoms with Crippen molar-refractivity contribution in [1.29, 1.82) is 0 Å². The summed E-state index contributed by atoms with van der Waals surface area (Å²) in [4.78, 5) is 19.2. The number of likely N-dealkylation sites (tertiary alicyclic amines) is 1. The molecular weight excluding hydrogens is 485 g/mol. The maximum atomic E-state index is 14.7. The minimum Gasteiger partial charge on any atom is -0.480 e. The van der Waals surface area contributed by atoms with Crippen molar-refractivity contribution in [3.05, 3.63) is 58.3 Å². The minimum absolute atomic E-state index is 0.0170. The normalized spacial score (nSPS) is 22.4. The molecule has 3 aliphatic rings. The molecule has 3 atom stereocenters. The second kappa shape index (κ2) is 11.7.